The third-order valence-corrected chi connectivity index (χ3v) is 3.35. The van der Waals surface area contributed by atoms with Gasteiger partial charge in [-0.05, 0) is 18.4 Å². The summed E-state index contributed by atoms with van der Waals surface area (Å²) in [6.45, 7) is 0.719. The zero-order chi connectivity index (χ0) is 10.0. The van der Waals surface area contributed by atoms with Crippen LogP contribution in [0.1, 0.15) is 18.4 Å². The first-order chi connectivity index (χ1) is 6.80. The number of hydrogen-bond acceptors (Lipinski definition) is 2. The van der Waals surface area contributed by atoms with Gasteiger partial charge in [0, 0.05) is 19.1 Å². The van der Waals surface area contributed by atoms with Crippen molar-refractivity contribution < 1.29 is 4.74 Å². The van der Waals surface area contributed by atoms with Gasteiger partial charge in [-0.25, -0.2) is 0 Å². The number of rotatable bonds is 3. The second kappa shape index (κ2) is 3.71. The highest BCUT2D eigenvalue weighted by atomic mass is 16.5. The van der Waals surface area contributed by atoms with Crippen molar-refractivity contribution in [3.05, 3.63) is 35.9 Å². The minimum atomic E-state index is 0.182. The van der Waals surface area contributed by atoms with E-state index in [1.54, 1.807) is 7.11 Å². The highest BCUT2D eigenvalue weighted by Crippen LogP contribution is 2.44. The van der Waals surface area contributed by atoms with Crippen LogP contribution >= 0.6 is 0 Å². The van der Waals surface area contributed by atoms with Gasteiger partial charge in [-0.2, -0.15) is 0 Å². The molecule has 1 aliphatic carbocycles. The summed E-state index contributed by atoms with van der Waals surface area (Å²) in [5.41, 5.74) is 7.40. The summed E-state index contributed by atoms with van der Waals surface area (Å²) in [4.78, 5) is 0. The molecular formula is C12H17NO. The van der Waals surface area contributed by atoms with Crippen LogP contribution in [0.25, 0.3) is 0 Å². The summed E-state index contributed by atoms with van der Waals surface area (Å²) in [7, 11) is 1.77. The Morgan fingerprint density at radius 1 is 1.36 bits per heavy atom. The van der Waals surface area contributed by atoms with Gasteiger partial charge in [-0.15, -0.1) is 0 Å². The molecule has 0 unspecified atom stereocenters. The smallest absolute Gasteiger partial charge is 0.0589 e. The molecule has 0 aromatic heterocycles. The Morgan fingerprint density at radius 2 is 2.00 bits per heavy atom. The molecule has 1 aromatic carbocycles. The fraction of sp³-hybridized carbons (Fsp3) is 0.500. The number of benzene rings is 1. The van der Waals surface area contributed by atoms with E-state index >= 15 is 0 Å². The Bertz CT molecular complexity index is 290. The second-order valence-electron chi connectivity index (χ2n) is 4.12. The lowest BCUT2D eigenvalue weighted by Crippen LogP contribution is -2.50. The standard InChI is InChI=1S/C12H17NO/c1-14-11-7-12(8-11,9-13)10-5-3-2-4-6-10/h2-6,11H,7-9,13H2,1H3. The molecule has 0 radical (unpaired) electrons. The van der Waals surface area contributed by atoms with E-state index in [1.807, 2.05) is 6.07 Å². The van der Waals surface area contributed by atoms with Crippen molar-refractivity contribution in [3.63, 3.8) is 0 Å². The maximum atomic E-state index is 5.86. The predicted octanol–water partition coefficient (Wildman–Crippen LogP) is 1.69. The van der Waals surface area contributed by atoms with Crippen LogP contribution in [0, 0.1) is 0 Å². The van der Waals surface area contributed by atoms with Crippen LogP contribution in [0.2, 0.25) is 0 Å². The third kappa shape index (κ3) is 1.45. The lowest BCUT2D eigenvalue weighted by Gasteiger charge is -2.46. The van der Waals surface area contributed by atoms with E-state index in [4.69, 9.17) is 10.5 Å². The largest absolute Gasteiger partial charge is 0.381 e. The number of hydrogen-bond donors (Lipinski definition) is 1. The molecule has 1 aliphatic rings. The summed E-state index contributed by atoms with van der Waals surface area (Å²) in [5, 5.41) is 0. The van der Waals surface area contributed by atoms with Crippen LogP contribution in [-0.2, 0) is 10.2 Å². The molecule has 1 saturated carbocycles. The third-order valence-electron chi connectivity index (χ3n) is 3.35. The highest BCUT2D eigenvalue weighted by Gasteiger charge is 2.44. The summed E-state index contributed by atoms with van der Waals surface area (Å²) in [6, 6.07) is 10.5. The molecule has 0 aliphatic heterocycles. The molecule has 1 fully saturated rings. The minimum Gasteiger partial charge on any atom is -0.381 e. The Kier molecular flexibility index (Phi) is 2.57. The average Bonchev–Trinajstić information content (AvgIpc) is 2.19. The molecule has 0 bridgehead atoms. The fourth-order valence-electron chi connectivity index (χ4n) is 2.29. The van der Waals surface area contributed by atoms with Crippen LogP contribution in [0.3, 0.4) is 0 Å². The first-order valence-electron chi connectivity index (χ1n) is 5.09. The van der Waals surface area contributed by atoms with E-state index in [0.717, 1.165) is 19.4 Å². The first kappa shape index (κ1) is 9.69. The highest BCUT2D eigenvalue weighted by molar-refractivity contribution is 5.29. The van der Waals surface area contributed by atoms with Crippen molar-refractivity contribution in [1.29, 1.82) is 0 Å². The average molecular weight is 191 g/mol. The first-order valence-corrected chi connectivity index (χ1v) is 5.09. The van der Waals surface area contributed by atoms with Gasteiger partial charge in [0.25, 0.3) is 0 Å². The van der Waals surface area contributed by atoms with Crippen molar-refractivity contribution >= 4 is 0 Å². The minimum absolute atomic E-state index is 0.182. The molecule has 76 valence electrons. The van der Waals surface area contributed by atoms with Gasteiger partial charge in [0.15, 0.2) is 0 Å². The van der Waals surface area contributed by atoms with Gasteiger partial charge in [-0.3, -0.25) is 0 Å². The van der Waals surface area contributed by atoms with Gasteiger partial charge < -0.3 is 10.5 Å². The molecule has 14 heavy (non-hydrogen) atoms. The monoisotopic (exact) mass is 191 g/mol. The summed E-state index contributed by atoms with van der Waals surface area (Å²) in [6.07, 6.45) is 2.52. The Hall–Kier alpha value is -0.860. The molecule has 0 spiro atoms. The van der Waals surface area contributed by atoms with Gasteiger partial charge >= 0.3 is 0 Å². The van der Waals surface area contributed by atoms with Gasteiger partial charge in [-0.1, -0.05) is 30.3 Å². The quantitative estimate of drug-likeness (QED) is 0.789. The molecule has 1 aromatic rings. The van der Waals surface area contributed by atoms with Crippen molar-refractivity contribution in [2.75, 3.05) is 13.7 Å². The molecule has 0 heterocycles. The van der Waals surface area contributed by atoms with Gasteiger partial charge in [0.2, 0.25) is 0 Å². The molecule has 0 amide bonds. The van der Waals surface area contributed by atoms with Crippen LogP contribution in [-0.4, -0.2) is 19.8 Å². The zero-order valence-corrected chi connectivity index (χ0v) is 8.57. The molecule has 2 nitrogen and oxygen atoms in total. The Balaban J connectivity index is 2.16. The van der Waals surface area contributed by atoms with Gasteiger partial charge in [0.1, 0.15) is 0 Å². The van der Waals surface area contributed by atoms with E-state index in [-0.39, 0.29) is 5.41 Å². The number of ether oxygens (including phenoxy) is 1. The maximum Gasteiger partial charge on any atom is 0.0589 e. The van der Waals surface area contributed by atoms with E-state index < -0.39 is 0 Å². The second-order valence-corrected chi connectivity index (χ2v) is 4.12. The van der Waals surface area contributed by atoms with E-state index in [1.165, 1.54) is 5.56 Å². The molecular weight excluding hydrogens is 174 g/mol. The molecule has 0 atom stereocenters. The SMILES string of the molecule is COC1CC(CN)(c2ccccc2)C1. The van der Waals surface area contributed by atoms with Crippen molar-refractivity contribution in [3.8, 4) is 0 Å². The van der Waals surface area contributed by atoms with Crippen molar-refractivity contribution in [2.24, 2.45) is 5.73 Å². The van der Waals surface area contributed by atoms with Crippen LogP contribution < -0.4 is 5.73 Å². The topological polar surface area (TPSA) is 35.2 Å². The molecule has 2 heteroatoms. The number of nitrogens with two attached hydrogens (primary N) is 1. The summed E-state index contributed by atoms with van der Waals surface area (Å²) in [5.74, 6) is 0. The molecule has 0 saturated heterocycles. The van der Waals surface area contributed by atoms with Crippen LogP contribution in [0.4, 0.5) is 0 Å². The Morgan fingerprint density at radius 3 is 2.50 bits per heavy atom. The van der Waals surface area contributed by atoms with E-state index in [0.29, 0.717) is 6.10 Å². The Labute approximate surface area is 85.1 Å². The van der Waals surface area contributed by atoms with Crippen LogP contribution in [0.15, 0.2) is 30.3 Å². The summed E-state index contributed by atoms with van der Waals surface area (Å²) >= 11 is 0. The zero-order valence-electron chi connectivity index (χ0n) is 8.57. The van der Waals surface area contributed by atoms with Crippen molar-refractivity contribution in [1.82, 2.24) is 0 Å². The molecule has 2 rings (SSSR count). The van der Waals surface area contributed by atoms with E-state index in [9.17, 15) is 0 Å². The van der Waals surface area contributed by atoms with Crippen molar-refractivity contribution in [2.45, 2.75) is 24.4 Å². The summed E-state index contributed by atoms with van der Waals surface area (Å²) < 4.78 is 5.31. The predicted molar refractivity (Wildman–Crippen MR) is 57.2 cm³/mol. The lowest BCUT2D eigenvalue weighted by atomic mass is 9.63. The lowest BCUT2D eigenvalue weighted by molar-refractivity contribution is -0.0150. The van der Waals surface area contributed by atoms with Crippen LogP contribution in [0.5, 0.6) is 0 Å². The maximum absolute atomic E-state index is 5.86. The van der Waals surface area contributed by atoms with Gasteiger partial charge in [0.05, 0.1) is 6.10 Å². The fourth-order valence-corrected chi connectivity index (χ4v) is 2.29. The van der Waals surface area contributed by atoms with E-state index in [2.05, 4.69) is 24.3 Å². The number of methoxy groups -OCH3 is 1. The normalized spacial score (nSPS) is 31.1. The molecule has 2 N–H and O–H groups in total.